The molecule has 0 unspecified atom stereocenters. The topological polar surface area (TPSA) is 68.3 Å². The predicted octanol–water partition coefficient (Wildman–Crippen LogP) is 6.07. The van der Waals surface area contributed by atoms with Crippen molar-refractivity contribution in [3.63, 3.8) is 0 Å². The summed E-state index contributed by atoms with van der Waals surface area (Å²) in [5.41, 5.74) is 0.744. The second-order valence-electron chi connectivity index (χ2n) is 6.95. The van der Waals surface area contributed by atoms with E-state index in [0.717, 1.165) is 29.7 Å². The van der Waals surface area contributed by atoms with Gasteiger partial charge in [-0.2, -0.15) is 13.2 Å². The summed E-state index contributed by atoms with van der Waals surface area (Å²) in [5, 5.41) is 1.81. The van der Waals surface area contributed by atoms with Gasteiger partial charge in [-0.3, -0.25) is 4.72 Å². The zero-order valence-electron chi connectivity index (χ0n) is 15.8. The molecule has 11 heteroatoms. The second-order valence-corrected chi connectivity index (χ2v) is 9.93. The minimum atomic E-state index is -4.49. The Hall–Kier alpha value is -2.30. The van der Waals surface area contributed by atoms with Crippen molar-refractivity contribution in [2.75, 3.05) is 4.72 Å². The van der Waals surface area contributed by atoms with Crippen molar-refractivity contribution in [2.45, 2.75) is 36.4 Å². The maximum absolute atomic E-state index is 12.9. The van der Waals surface area contributed by atoms with Crippen LogP contribution >= 0.6 is 22.9 Å². The van der Waals surface area contributed by atoms with Crippen molar-refractivity contribution < 1.29 is 26.3 Å². The normalized spacial score (nSPS) is 16.6. The number of anilines is 1. The van der Waals surface area contributed by atoms with Crippen LogP contribution < -0.4 is 9.46 Å². The molecule has 0 saturated heterocycles. The van der Waals surface area contributed by atoms with Crippen LogP contribution in [0.1, 0.15) is 35.6 Å². The fourth-order valence-corrected chi connectivity index (χ4v) is 5.47. The van der Waals surface area contributed by atoms with Crippen LogP contribution in [-0.2, 0) is 22.6 Å². The summed E-state index contributed by atoms with van der Waals surface area (Å²) in [6, 6.07) is 7.70. The molecule has 0 radical (unpaired) electrons. The van der Waals surface area contributed by atoms with Gasteiger partial charge in [-0.05, 0) is 60.7 Å². The van der Waals surface area contributed by atoms with Crippen LogP contribution in [0.3, 0.4) is 0 Å². The van der Waals surface area contributed by atoms with Crippen molar-refractivity contribution >= 4 is 38.1 Å². The molecule has 0 spiro atoms. The van der Waals surface area contributed by atoms with Gasteiger partial charge in [0.05, 0.1) is 15.5 Å². The van der Waals surface area contributed by atoms with E-state index in [1.807, 2.05) is 0 Å². The highest BCUT2D eigenvalue weighted by atomic mass is 35.5. The molecule has 3 aromatic rings. The standard InChI is InChI=1S/C20H16ClF3N2O3S2/c21-16-11-13(20(22,23)24)4-7-18(16)29-17-3-1-2-12-10-14(5-6-15(12)17)31(27,28)26-19-25-8-9-30-19/h4-11,17H,1-3H2,(H,25,26)/t17-/m1/s1. The predicted molar refractivity (Wildman–Crippen MR) is 112 cm³/mol. The number of sulfonamides is 1. The molecule has 1 atom stereocenters. The summed E-state index contributed by atoms with van der Waals surface area (Å²) in [4.78, 5) is 4.03. The van der Waals surface area contributed by atoms with Crippen LogP contribution in [0.15, 0.2) is 52.9 Å². The Labute approximate surface area is 185 Å². The van der Waals surface area contributed by atoms with Crippen molar-refractivity contribution in [3.8, 4) is 5.75 Å². The lowest BCUT2D eigenvalue weighted by Crippen LogP contribution is -2.18. The molecule has 2 aromatic carbocycles. The van der Waals surface area contributed by atoms with Gasteiger partial charge < -0.3 is 4.74 Å². The van der Waals surface area contributed by atoms with Crippen LogP contribution in [0, 0.1) is 0 Å². The van der Waals surface area contributed by atoms with E-state index in [9.17, 15) is 21.6 Å². The molecule has 0 bridgehead atoms. The average molecular weight is 489 g/mol. The first kappa shape index (κ1) is 21.9. The first-order chi connectivity index (χ1) is 14.6. The molecule has 31 heavy (non-hydrogen) atoms. The second kappa shape index (κ2) is 8.33. The van der Waals surface area contributed by atoms with Gasteiger partial charge in [0.15, 0.2) is 5.13 Å². The van der Waals surface area contributed by atoms with E-state index >= 15 is 0 Å². The molecule has 0 amide bonds. The molecule has 0 saturated carbocycles. The first-order valence-electron chi connectivity index (χ1n) is 9.22. The van der Waals surface area contributed by atoms with Gasteiger partial charge in [-0.1, -0.05) is 17.7 Å². The quantitative estimate of drug-likeness (QED) is 0.473. The van der Waals surface area contributed by atoms with E-state index in [-0.39, 0.29) is 20.8 Å². The molecule has 4 rings (SSSR count). The Bertz CT molecular complexity index is 1200. The Morgan fingerprint density at radius 2 is 2.00 bits per heavy atom. The maximum atomic E-state index is 12.9. The molecule has 1 N–H and O–H groups in total. The summed E-state index contributed by atoms with van der Waals surface area (Å²) in [6.07, 6.45) is -1.40. The molecule has 164 valence electrons. The number of thiazole rings is 1. The molecule has 1 aliphatic rings. The van der Waals surface area contributed by atoms with Gasteiger partial charge >= 0.3 is 6.18 Å². The van der Waals surface area contributed by atoms with Crippen molar-refractivity contribution in [3.05, 3.63) is 69.7 Å². The van der Waals surface area contributed by atoms with Crippen molar-refractivity contribution in [1.82, 2.24) is 4.98 Å². The lowest BCUT2D eigenvalue weighted by Gasteiger charge is -2.27. The molecular weight excluding hydrogens is 473 g/mol. The van der Waals surface area contributed by atoms with Crippen LogP contribution in [0.2, 0.25) is 5.02 Å². The van der Waals surface area contributed by atoms with E-state index in [0.29, 0.717) is 12.8 Å². The summed E-state index contributed by atoms with van der Waals surface area (Å²) in [7, 11) is -3.79. The van der Waals surface area contributed by atoms with Crippen LogP contribution in [-0.4, -0.2) is 13.4 Å². The van der Waals surface area contributed by atoms with E-state index in [1.165, 1.54) is 29.7 Å². The molecule has 0 fully saturated rings. The number of aromatic nitrogens is 1. The van der Waals surface area contributed by atoms with Gasteiger partial charge in [0, 0.05) is 11.6 Å². The third kappa shape index (κ3) is 4.81. The third-order valence-electron chi connectivity index (χ3n) is 4.87. The molecule has 1 heterocycles. The first-order valence-corrected chi connectivity index (χ1v) is 12.0. The van der Waals surface area contributed by atoms with Crippen LogP contribution in [0.25, 0.3) is 0 Å². The molecule has 5 nitrogen and oxygen atoms in total. The third-order valence-corrected chi connectivity index (χ3v) is 7.32. The minimum absolute atomic E-state index is 0.106. The molecule has 0 aliphatic heterocycles. The number of benzene rings is 2. The zero-order chi connectivity index (χ0) is 22.2. The number of ether oxygens (including phenoxy) is 1. The Morgan fingerprint density at radius 1 is 1.19 bits per heavy atom. The number of rotatable bonds is 5. The van der Waals surface area contributed by atoms with Crippen molar-refractivity contribution in [1.29, 1.82) is 0 Å². The number of hydrogen-bond donors (Lipinski definition) is 1. The number of alkyl halides is 3. The summed E-state index contributed by atoms with van der Waals surface area (Å²) in [5.74, 6) is 0.148. The van der Waals surface area contributed by atoms with Gasteiger partial charge in [0.2, 0.25) is 0 Å². The van der Waals surface area contributed by atoms with E-state index < -0.39 is 27.9 Å². The highest BCUT2D eigenvalue weighted by molar-refractivity contribution is 7.93. The fraction of sp³-hybridized carbons (Fsp3) is 0.250. The lowest BCUT2D eigenvalue weighted by molar-refractivity contribution is -0.137. The van der Waals surface area contributed by atoms with Gasteiger partial charge in [0.25, 0.3) is 10.0 Å². The van der Waals surface area contributed by atoms with Gasteiger partial charge in [-0.15, -0.1) is 11.3 Å². The average Bonchev–Trinajstić information content (AvgIpc) is 3.21. The number of hydrogen-bond acceptors (Lipinski definition) is 5. The minimum Gasteiger partial charge on any atom is -0.484 e. The van der Waals surface area contributed by atoms with Gasteiger partial charge in [-0.25, -0.2) is 13.4 Å². The number of aryl methyl sites for hydroxylation is 1. The van der Waals surface area contributed by atoms with E-state index in [4.69, 9.17) is 16.3 Å². The number of nitrogens with one attached hydrogen (secondary N) is 1. The number of fused-ring (bicyclic) bond motifs is 1. The summed E-state index contributed by atoms with van der Waals surface area (Å²) < 4.78 is 72.2. The van der Waals surface area contributed by atoms with Crippen LogP contribution in [0.4, 0.5) is 18.3 Å². The van der Waals surface area contributed by atoms with Crippen molar-refractivity contribution in [2.24, 2.45) is 0 Å². The highest BCUT2D eigenvalue weighted by Crippen LogP contribution is 2.39. The zero-order valence-corrected chi connectivity index (χ0v) is 18.2. The molecule has 1 aromatic heterocycles. The summed E-state index contributed by atoms with van der Waals surface area (Å²) >= 11 is 7.19. The fourth-order valence-electron chi connectivity index (χ4n) is 3.41. The summed E-state index contributed by atoms with van der Waals surface area (Å²) in [6.45, 7) is 0. The molecular formula is C20H16ClF3N2O3S2. The monoisotopic (exact) mass is 488 g/mol. The Morgan fingerprint density at radius 3 is 2.68 bits per heavy atom. The smallest absolute Gasteiger partial charge is 0.416 e. The SMILES string of the molecule is O=S(=O)(Nc1nccs1)c1ccc2c(c1)CCC[C@H]2Oc1ccc(C(F)(F)F)cc1Cl. The largest absolute Gasteiger partial charge is 0.484 e. The number of nitrogens with zero attached hydrogens (tertiary/aromatic N) is 1. The van der Waals surface area contributed by atoms with E-state index in [1.54, 1.807) is 17.5 Å². The highest BCUT2D eigenvalue weighted by Gasteiger charge is 2.31. The van der Waals surface area contributed by atoms with Crippen LogP contribution in [0.5, 0.6) is 5.75 Å². The number of halogens is 4. The maximum Gasteiger partial charge on any atom is 0.416 e. The Balaban J connectivity index is 1.58. The lowest BCUT2D eigenvalue weighted by atomic mass is 9.89. The Kier molecular flexibility index (Phi) is 5.89. The molecule has 1 aliphatic carbocycles. The van der Waals surface area contributed by atoms with Gasteiger partial charge in [0.1, 0.15) is 11.9 Å². The van der Waals surface area contributed by atoms with E-state index in [2.05, 4.69) is 9.71 Å².